The lowest BCUT2D eigenvalue weighted by Gasteiger charge is -2.18. The van der Waals surface area contributed by atoms with Crippen LogP contribution in [-0.4, -0.2) is 94.0 Å². The van der Waals surface area contributed by atoms with Gasteiger partial charge in [-0.05, 0) is 128 Å². The Morgan fingerprint density at radius 3 is 0.895 bits per heavy atom. The molecule has 2 unspecified atom stereocenters. The molecule has 4 amide bonds. The van der Waals surface area contributed by atoms with Gasteiger partial charge in [0.05, 0.1) is 18.7 Å². The molecule has 0 radical (unpaired) electrons. The van der Waals surface area contributed by atoms with E-state index in [0.29, 0.717) is 51.6 Å². The van der Waals surface area contributed by atoms with E-state index in [2.05, 4.69) is 118 Å². The van der Waals surface area contributed by atoms with Gasteiger partial charge in [0.2, 0.25) is 0 Å². The molecule has 0 aliphatic heterocycles. The highest BCUT2D eigenvalue weighted by Gasteiger charge is 2.33. The smallest absolute Gasteiger partial charge is 0.407 e. The van der Waals surface area contributed by atoms with Crippen LogP contribution < -0.4 is 21.3 Å². The number of amides is 4. The van der Waals surface area contributed by atoms with E-state index < -0.39 is 36.5 Å². The summed E-state index contributed by atoms with van der Waals surface area (Å²) < 4.78 is 22.3. The van der Waals surface area contributed by atoms with E-state index in [4.69, 9.17) is 18.9 Å². The van der Waals surface area contributed by atoms with Crippen LogP contribution in [0.5, 0.6) is 0 Å². The van der Waals surface area contributed by atoms with Gasteiger partial charge in [0.15, 0.2) is 0 Å². The number of aliphatic hydroxyl groups is 1. The second-order valence-corrected chi connectivity index (χ2v) is 22.1. The minimum absolute atomic E-state index is 0.00971. The lowest BCUT2D eigenvalue weighted by atomic mass is 9.98. The predicted octanol–water partition coefficient (Wildman–Crippen LogP) is 13.4. The number of nitrogens with one attached hydrogen (secondary N) is 4. The molecule has 0 saturated carbocycles. The molecule has 8 aromatic carbocycles. The van der Waals surface area contributed by atoms with Crippen LogP contribution in [0.3, 0.4) is 0 Å². The quantitative estimate of drug-likeness (QED) is 0.0248. The van der Waals surface area contributed by atoms with Gasteiger partial charge < -0.3 is 50.1 Å². The fourth-order valence-electron chi connectivity index (χ4n) is 12.7. The molecule has 86 heavy (non-hydrogen) atoms. The van der Waals surface area contributed by atoms with Crippen molar-refractivity contribution in [1.82, 2.24) is 21.3 Å². The Morgan fingerprint density at radius 2 is 0.616 bits per heavy atom. The summed E-state index contributed by atoms with van der Waals surface area (Å²) in [7, 11) is 0. The molecule has 4 aliphatic rings. The molecule has 14 heteroatoms. The van der Waals surface area contributed by atoms with E-state index in [1.54, 1.807) is 0 Å². The highest BCUT2D eigenvalue weighted by Crippen LogP contribution is 2.48. The van der Waals surface area contributed by atoms with Crippen molar-refractivity contribution < 1.29 is 48.0 Å². The second kappa shape index (κ2) is 27.9. The SMILES string of the molecule is O=C(NCCCCC(CO)NC(=O)OCC1c2ccccc2-c2ccccc21)OCC1c2ccccc2-c2ccccc21.O=CC(CCCCNC(=O)OCC1c2ccccc2-c2ccccc21)NC(=O)OCC1c2ccccc2-c2ccccc21. The highest BCUT2D eigenvalue weighted by molar-refractivity contribution is 5.83. The number of carbonyl (C=O) groups excluding carboxylic acids is 5. The Kier molecular flexibility index (Phi) is 18.9. The molecule has 0 spiro atoms. The van der Waals surface area contributed by atoms with Crippen molar-refractivity contribution in [3.63, 3.8) is 0 Å². The van der Waals surface area contributed by atoms with E-state index in [-0.39, 0.29) is 56.7 Å². The van der Waals surface area contributed by atoms with Gasteiger partial charge in [0.1, 0.15) is 32.7 Å². The van der Waals surface area contributed by atoms with Crippen molar-refractivity contribution in [2.75, 3.05) is 46.1 Å². The standard InChI is InChI=1S/C36H36N2O5.C36H34N2O5/c2*39-21-24(38-36(41)43-23-34-31-18-7-3-14-27(31)28-15-4-8-19-32(28)34)11-9-10-20-37-35(40)42-22-33-29-16-5-1-12-25(29)26-13-2-6-17-30(26)33/h1-8,12-19,24,33-34,39H,9-11,20-23H2,(H,37,40)(H,38,41);1-8,12-19,21,24,33-34H,9-11,20,22-23H2,(H,37,40)(H,38,41). The molecule has 0 aromatic heterocycles. The summed E-state index contributed by atoms with van der Waals surface area (Å²) >= 11 is 0. The van der Waals surface area contributed by atoms with E-state index in [1.165, 1.54) is 55.6 Å². The Balaban J connectivity index is 0.000000179. The minimum atomic E-state index is -0.662. The van der Waals surface area contributed by atoms with Crippen molar-refractivity contribution in [2.24, 2.45) is 0 Å². The molecular formula is C72H70N4O10. The Bertz CT molecular complexity index is 3530. The number of alkyl carbamates (subject to hydrolysis) is 4. The van der Waals surface area contributed by atoms with Crippen LogP contribution in [0.15, 0.2) is 194 Å². The number of carbonyl (C=O) groups is 5. The van der Waals surface area contributed by atoms with E-state index in [9.17, 15) is 29.1 Å². The van der Waals surface area contributed by atoms with E-state index in [0.717, 1.165) is 39.7 Å². The zero-order valence-electron chi connectivity index (χ0n) is 47.8. The van der Waals surface area contributed by atoms with Crippen LogP contribution >= 0.6 is 0 Å². The number of aldehydes is 1. The van der Waals surface area contributed by atoms with Crippen molar-refractivity contribution >= 4 is 30.7 Å². The fraction of sp³-hybridized carbons (Fsp3) is 0.264. The first-order chi connectivity index (χ1) is 42.3. The summed E-state index contributed by atoms with van der Waals surface area (Å²) in [5, 5.41) is 20.9. The summed E-state index contributed by atoms with van der Waals surface area (Å²) in [6.07, 6.45) is 2.33. The third kappa shape index (κ3) is 13.2. The normalized spacial score (nSPS) is 13.7. The van der Waals surface area contributed by atoms with Crippen LogP contribution in [0.1, 0.15) is 107 Å². The van der Waals surface area contributed by atoms with Crippen LogP contribution in [0.2, 0.25) is 0 Å². The summed E-state index contributed by atoms with van der Waals surface area (Å²) in [5.41, 5.74) is 18.7. The highest BCUT2D eigenvalue weighted by atomic mass is 16.6. The zero-order valence-corrected chi connectivity index (χ0v) is 47.8. The first-order valence-corrected chi connectivity index (χ1v) is 29.7. The van der Waals surface area contributed by atoms with Gasteiger partial charge in [-0.3, -0.25) is 0 Å². The van der Waals surface area contributed by atoms with Gasteiger partial charge in [0, 0.05) is 36.8 Å². The fourth-order valence-corrected chi connectivity index (χ4v) is 12.7. The molecule has 8 aromatic rings. The van der Waals surface area contributed by atoms with E-state index >= 15 is 0 Å². The third-order valence-corrected chi connectivity index (χ3v) is 16.8. The molecule has 438 valence electrons. The molecule has 2 atom stereocenters. The maximum atomic E-state index is 12.6. The van der Waals surface area contributed by atoms with Gasteiger partial charge in [-0.1, -0.05) is 194 Å². The van der Waals surface area contributed by atoms with Gasteiger partial charge in [0.25, 0.3) is 0 Å². The zero-order chi connectivity index (χ0) is 59.2. The second-order valence-electron chi connectivity index (χ2n) is 22.1. The summed E-state index contributed by atoms with van der Waals surface area (Å²) in [6.45, 7) is 1.61. The summed E-state index contributed by atoms with van der Waals surface area (Å²) in [5.74, 6) is -0.0329. The third-order valence-electron chi connectivity index (χ3n) is 16.8. The van der Waals surface area contributed by atoms with Crippen LogP contribution in [0.4, 0.5) is 19.2 Å². The van der Waals surface area contributed by atoms with E-state index in [1.807, 2.05) is 97.1 Å². The Hall–Kier alpha value is -9.53. The van der Waals surface area contributed by atoms with Crippen molar-refractivity contribution in [2.45, 2.75) is 74.3 Å². The average Bonchev–Trinajstić information content (AvgIpc) is 3.11. The number of hydrogen-bond acceptors (Lipinski definition) is 10. The maximum Gasteiger partial charge on any atom is 0.407 e. The molecular weight excluding hydrogens is 1080 g/mol. The van der Waals surface area contributed by atoms with Gasteiger partial charge in [-0.15, -0.1) is 0 Å². The van der Waals surface area contributed by atoms with Crippen LogP contribution in [0, 0.1) is 0 Å². The molecule has 4 aliphatic carbocycles. The van der Waals surface area contributed by atoms with Crippen LogP contribution in [-0.2, 0) is 23.7 Å². The molecule has 0 heterocycles. The number of fused-ring (bicyclic) bond motifs is 12. The number of aliphatic hydroxyl groups excluding tert-OH is 1. The Labute approximate surface area is 501 Å². The number of rotatable bonds is 22. The number of hydrogen-bond donors (Lipinski definition) is 5. The van der Waals surface area contributed by atoms with Crippen molar-refractivity contribution in [3.8, 4) is 44.5 Å². The molecule has 12 rings (SSSR count). The molecule has 0 fully saturated rings. The topological polar surface area (TPSA) is 191 Å². The number of benzene rings is 8. The van der Waals surface area contributed by atoms with Gasteiger partial charge in [-0.2, -0.15) is 0 Å². The van der Waals surface area contributed by atoms with Crippen molar-refractivity contribution in [1.29, 1.82) is 0 Å². The number of ether oxygens (including phenoxy) is 4. The summed E-state index contributed by atoms with van der Waals surface area (Å²) in [6, 6.07) is 64.5. The molecule has 14 nitrogen and oxygen atoms in total. The first-order valence-electron chi connectivity index (χ1n) is 29.7. The average molecular weight is 1150 g/mol. The predicted molar refractivity (Wildman–Crippen MR) is 331 cm³/mol. The molecule has 5 N–H and O–H groups in total. The lowest BCUT2D eigenvalue weighted by Crippen LogP contribution is -2.38. The largest absolute Gasteiger partial charge is 0.449 e. The van der Waals surface area contributed by atoms with Crippen LogP contribution in [0.25, 0.3) is 44.5 Å². The molecule has 0 bridgehead atoms. The first kappa shape index (κ1) is 58.3. The monoisotopic (exact) mass is 1150 g/mol. The lowest BCUT2D eigenvalue weighted by molar-refractivity contribution is -0.109. The van der Waals surface area contributed by atoms with Crippen molar-refractivity contribution in [3.05, 3.63) is 239 Å². The van der Waals surface area contributed by atoms with Gasteiger partial charge in [-0.25, -0.2) is 19.2 Å². The molecule has 0 saturated heterocycles. The Morgan fingerprint density at radius 1 is 0.360 bits per heavy atom. The minimum Gasteiger partial charge on any atom is -0.449 e. The summed E-state index contributed by atoms with van der Waals surface area (Å²) in [4.78, 5) is 61.6. The number of unbranched alkanes of at least 4 members (excludes halogenated alkanes) is 2. The van der Waals surface area contributed by atoms with Gasteiger partial charge >= 0.3 is 24.4 Å². The maximum absolute atomic E-state index is 12.6.